The van der Waals surface area contributed by atoms with Crippen LogP contribution in [-0.2, 0) is 32.5 Å². The molecule has 6 aliphatic rings. The minimum Gasteiger partial charge on any atom is -0.311 e. The van der Waals surface area contributed by atoms with Gasteiger partial charge in [-0.05, 0) is 269 Å². The van der Waals surface area contributed by atoms with Crippen molar-refractivity contribution in [1.29, 1.82) is 0 Å². The number of nitrogens with zero attached hydrogens (tertiary/aromatic N) is 5. The zero-order chi connectivity index (χ0) is 96.7. The van der Waals surface area contributed by atoms with Gasteiger partial charge in [0.2, 0.25) is 0 Å². The first kappa shape index (κ1) is 86.6. The number of hydrogen-bond donors (Lipinski definition) is 0. The van der Waals surface area contributed by atoms with Crippen molar-refractivity contribution >= 4 is 136 Å². The molecular weight excluding hydrogens is 1710 g/mol. The average Bonchev–Trinajstić information content (AvgIpc) is 1.63. The molecular formula is C135H113B2N5. The summed E-state index contributed by atoms with van der Waals surface area (Å²) in [5, 5.41) is 2.40. The minimum atomic E-state index is -0.681. The fourth-order valence-corrected chi connectivity index (χ4v) is 25.0. The summed E-state index contributed by atoms with van der Waals surface area (Å²) in [5.74, 6) is 0. The molecule has 0 saturated carbocycles. The summed E-state index contributed by atoms with van der Waals surface area (Å²) < 4.78 is 2.58. The Morgan fingerprint density at radius 1 is 0.197 bits per heavy atom. The molecule has 0 N–H and O–H groups in total. The molecule has 2 aliphatic carbocycles. The Labute approximate surface area is 836 Å². The van der Waals surface area contributed by atoms with E-state index in [1.165, 1.54) is 121 Å². The summed E-state index contributed by atoms with van der Waals surface area (Å²) in [5.41, 5.74) is 50.5. The SMILES string of the molecule is CC(C)(C)c1cc(N2c3ccccc3B3c4cc5c(cc4N(c4ccc(C(C)(C)C)cc4-c4ccccc4)c4cc(-c6cccc7c6C6(c8ccccc8-c8ccccc86)c6ccccc6-7)cc2c43)N(c2ccc(C(C)(C)C)cc2-c2ccccc2)c2cc(-n3c4ccccc4c4ccccc43)cc3c2B5c2ccccc2N3c2c(-c3ccccc3)cc(C(C)(C)C)cc2-c2ccccc2)cc(C(C)(C)C)c1. The normalized spacial score (nSPS) is 14.0. The summed E-state index contributed by atoms with van der Waals surface area (Å²) in [6.45, 7) is 35.0. The van der Waals surface area contributed by atoms with Gasteiger partial charge >= 0.3 is 0 Å². The van der Waals surface area contributed by atoms with Gasteiger partial charge in [-0.2, -0.15) is 0 Å². The number of aromatic nitrogens is 1. The van der Waals surface area contributed by atoms with E-state index in [1.807, 2.05) is 0 Å². The number of para-hydroxylation sites is 4. The number of hydrogen-bond acceptors (Lipinski definition) is 4. The minimum absolute atomic E-state index is 0.214. The lowest BCUT2D eigenvalue weighted by atomic mass is 9.30. The number of anilines is 12. The monoisotopic (exact) mass is 1830 g/mol. The average molecular weight is 1830 g/mol. The van der Waals surface area contributed by atoms with Gasteiger partial charge in [-0.25, -0.2) is 0 Å². The van der Waals surface area contributed by atoms with Crippen LogP contribution >= 0.6 is 0 Å². The lowest BCUT2D eigenvalue weighted by Crippen LogP contribution is -2.65. The second-order valence-electron chi connectivity index (χ2n) is 45.5. The Kier molecular flexibility index (Phi) is 19.3. The highest BCUT2D eigenvalue weighted by Gasteiger charge is 2.55. The molecule has 4 aliphatic heterocycles. The number of rotatable bonds is 10. The topological polar surface area (TPSA) is 17.9 Å². The highest BCUT2D eigenvalue weighted by Crippen LogP contribution is 2.66. The van der Waals surface area contributed by atoms with Crippen LogP contribution in [0.15, 0.2) is 413 Å². The van der Waals surface area contributed by atoms with Crippen molar-refractivity contribution in [3.05, 3.63) is 463 Å². The molecule has 20 aromatic rings. The maximum Gasteiger partial charge on any atom is 0.252 e. The summed E-state index contributed by atoms with van der Waals surface area (Å²) in [7, 11) is 0. The number of benzene rings is 19. The van der Waals surface area contributed by atoms with E-state index in [9.17, 15) is 0 Å². The molecule has 5 heterocycles. The summed E-state index contributed by atoms with van der Waals surface area (Å²) in [6, 6.07) is 161. The largest absolute Gasteiger partial charge is 0.311 e. The maximum atomic E-state index is 2.79. The van der Waals surface area contributed by atoms with E-state index in [2.05, 4.69) is 541 Å². The summed E-state index contributed by atoms with van der Waals surface area (Å²) in [6.07, 6.45) is 0. The van der Waals surface area contributed by atoms with Crippen molar-refractivity contribution in [2.75, 3.05) is 19.6 Å². The van der Waals surface area contributed by atoms with Crippen LogP contribution in [0.25, 0.3) is 105 Å². The summed E-state index contributed by atoms with van der Waals surface area (Å²) >= 11 is 0. The third-order valence-corrected chi connectivity index (χ3v) is 31.9. The smallest absolute Gasteiger partial charge is 0.252 e. The van der Waals surface area contributed by atoms with Crippen LogP contribution in [0.1, 0.15) is 154 Å². The molecule has 684 valence electrons. The first-order chi connectivity index (χ1) is 68.6. The molecule has 26 rings (SSSR count). The molecule has 19 aromatic carbocycles. The van der Waals surface area contributed by atoms with Crippen LogP contribution in [0.3, 0.4) is 0 Å². The lowest BCUT2D eigenvalue weighted by Gasteiger charge is -2.48. The van der Waals surface area contributed by atoms with Gasteiger partial charge in [-0.15, -0.1) is 0 Å². The zero-order valence-electron chi connectivity index (χ0n) is 83.7. The van der Waals surface area contributed by atoms with Crippen LogP contribution < -0.4 is 52.4 Å². The molecule has 0 bridgehead atoms. The number of fused-ring (bicyclic) bond motifs is 21. The van der Waals surface area contributed by atoms with Gasteiger partial charge in [-0.1, -0.05) is 413 Å². The van der Waals surface area contributed by atoms with Crippen LogP contribution in [0.4, 0.5) is 68.2 Å². The lowest BCUT2D eigenvalue weighted by molar-refractivity contribution is 0.568. The standard InChI is InChI=1S/C135H113B2N5/c1-130(2,3)89-67-69-116(103(76-89)84-43-20-16-21-44-84)140-120-83-121-113(82-112(120)136-110-61-36-40-65-118(110)139(94-74-91(132(7,8)9)73-92(75-94)133(10,11)12)122-71-88(72-123(140)127(122)136)96-56-42-57-102-99-53-30-35-60-109(99)135(126(96)102)107-58-33-28-51-97(107)98-52-29-34-59-108(98)135)137-111-62-37-41-66-119(111)142(129-105(86-47-24-18-25-48-86)78-93(134(13,14)15)79-106(129)87-49-26-19-27-50-87)125-81-95(138-114-63-38-31-54-100(114)101-55-32-39-64-115(101)138)80-124(128(125)137)141(121)117-70-68-90(131(4,5)6)77-104(117)85-45-22-17-23-46-85/h16-83H,1-15H3. The van der Waals surface area contributed by atoms with Gasteiger partial charge in [0.15, 0.2) is 0 Å². The highest BCUT2D eigenvalue weighted by molar-refractivity contribution is 7.03. The van der Waals surface area contributed by atoms with Crippen LogP contribution in [0, 0.1) is 0 Å². The predicted octanol–water partition coefficient (Wildman–Crippen LogP) is 32.1. The van der Waals surface area contributed by atoms with Crippen molar-refractivity contribution in [3.63, 3.8) is 0 Å². The van der Waals surface area contributed by atoms with Gasteiger partial charge in [0.05, 0.1) is 39.2 Å². The van der Waals surface area contributed by atoms with Crippen molar-refractivity contribution in [2.24, 2.45) is 0 Å². The Morgan fingerprint density at radius 3 is 0.993 bits per heavy atom. The van der Waals surface area contributed by atoms with Gasteiger partial charge in [0.25, 0.3) is 13.4 Å². The Balaban J connectivity index is 0.850. The molecule has 0 amide bonds. The molecule has 0 fully saturated rings. The van der Waals surface area contributed by atoms with E-state index in [4.69, 9.17) is 0 Å². The van der Waals surface area contributed by atoms with Crippen LogP contribution in [-0.4, -0.2) is 18.0 Å². The highest BCUT2D eigenvalue weighted by atomic mass is 15.2. The fraction of sp³-hybridized carbons (Fsp3) is 0.156. The quantitative estimate of drug-likeness (QED) is 0.127. The van der Waals surface area contributed by atoms with Crippen molar-refractivity contribution in [2.45, 2.75) is 136 Å². The molecule has 5 nitrogen and oxygen atoms in total. The van der Waals surface area contributed by atoms with Gasteiger partial charge < -0.3 is 24.2 Å². The Bertz CT molecular complexity index is 8430. The van der Waals surface area contributed by atoms with E-state index in [-0.39, 0.29) is 40.5 Å². The molecule has 0 atom stereocenters. The molecule has 142 heavy (non-hydrogen) atoms. The van der Waals surface area contributed by atoms with E-state index < -0.39 is 5.41 Å². The predicted molar refractivity (Wildman–Crippen MR) is 606 cm³/mol. The maximum absolute atomic E-state index is 2.79. The molecule has 0 unspecified atom stereocenters. The third-order valence-electron chi connectivity index (χ3n) is 31.9. The fourth-order valence-electron chi connectivity index (χ4n) is 25.0. The summed E-state index contributed by atoms with van der Waals surface area (Å²) in [4.78, 5) is 11.0. The third kappa shape index (κ3) is 13.1. The second kappa shape index (κ2) is 31.7. The van der Waals surface area contributed by atoms with E-state index >= 15 is 0 Å². The van der Waals surface area contributed by atoms with Crippen LogP contribution in [0.5, 0.6) is 0 Å². The first-order valence-corrected chi connectivity index (χ1v) is 50.8. The second-order valence-corrected chi connectivity index (χ2v) is 45.5. The molecule has 0 saturated heterocycles. The van der Waals surface area contributed by atoms with Gasteiger partial charge in [0.1, 0.15) is 0 Å². The van der Waals surface area contributed by atoms with Crippen molar-refractivity contribution < 1.29 is 0 Å². The van der Waals surface area contributed by atoms with Gasteiger partial charge in [-0.3, -0.25) is 0 Å². The molecule has 7 heteroatoms. The molecule has 1 aromatic heterocycles. The van der Waals surface area contributed by atoms with Crippen LogP contribution in [0.2, 0.25) is 0 Å². The van der Waals surface area contributed by atoms with Crippen molar-refractivity contribution in [3.8, 4) is 83.6 Å². The zero-order valence-corrected chi connectivity index (χ0v) is 83.7. The van der Waals surface area contributed by atoms with Crippen molar-refractivity contribution in [1.82, 2.24) is 4.57 Å². The Hall–Kier alpha value is -15.7. The first-order valence-electron chi connectivity index (χ1n) is 50.8. The van der Waals surface area contributed by atoms with E-state index in [1.54, 1.807) is 0 Å². The van der Waals surface area contributed by atoms with E-state index in [0.29, 0.717) is 0 Å². The molecule has 0 radical (unpaired) electrons. The van der Waals surface area contributed by atoms with Gasteiger partial charge in [0, 0.05) is 84.2 Å². The van der Waals surface area contributed by atoms with E-state index in [0.717, 1.165) is 135 Å². The Morgan fingerprint density at radius 2 is 0.542 bits per heavy atom. The molecule has 1 spiro atoms.